The van der Waals surface area contributed by atoms with E-state index in [2.05, 4.69) is 42.6 Å². The quantitative estimate of drug-likeness (QED) is 0.338. The second-order valence-electron chi connectivity index (χ2n) is 6.89. The average Bonchev–Trinajstić information content (AvgIpc) is 3.23. The van der Waals surface area contributed by atoms with Crippen molar-refractivity contribution in [2.75, 3.05) is 12.5 Å². The molecule has 0 radical (unpaired) electrons. The summed E-state index contributed by atoms with van der Waals surface area (Å²) in [4.78, 5) is 17.8. The molecule has 152 valence electrons. The number of fused-ring (bicyclic) bond motifs is 2. The standard InChI is InChI=1S/C23H19N7O/c1-31-19-9-5-8-17-10-11-18(28-20(17)19)12-27-29-22-21-23(25-14-24-22)30(15-26-21)13-16-6-3-2-4-7-16/h2-12,14-15H,13H2,1H3,(H,24,25,29)/b27-12-. The third-order valence-electron chi connectivity index (χ3n) is 4.89. The fourth-order valence-electron chi connectivity index (χ4n) is 3.39. The summed E-state index contributed by atoms with van der Waals surface area (Å²) < 4.78 is 7.38. The summed E-state index contributed by atoms with van der Waals surface area (Å²) in [6.07, 6.45) is 4.90. The predicted molar refractivity (Wildman–Crippen MR) is 120 cm³/mol. The summed E-state index contributed by atoms with van der Waals surface area (Å²) >= 11 is 0. The molecule has 0 aliphatic heterocycles. The van der Waals surface area contributed by atoms with Crippen LogP contribution in [0.1, 0.15) is 11.3 Å². The Kier molecular flexibility index (Phi) is 4.94. The molecule has 1 N–H and O–H groups in total. The van der Waals surface area contributed by atoms with Crippen molar-refractivity contribution in [1.29, 1.82) is 0 Å². The molecule has 3 heterocycles. The van der Waals surface area contributed by atoms with Crippen LogP contribution in [-0.2, 0) is 6.54 Å². The lowest BCUT2D eigenvalue weighted by Crippen LogP contribution is -2.01. The molecular formula is C23H19N7O. The van der Waals surface area contributed by atoms with Gasteiger partial charge in [-0.1, -0.05) is 48.5 Å². The van der Waals surface area contributed by atoms with Crippen LogP contribution in [0.2, 0.25) is 0 Å². The van der Waals surface area contributed by atoms with E-state index in [1.807, 2.05) is 53.1 Å². The van der Waals surface area contributed by atoms with Gasteiger partial charge in [0, 0.05) is 5.39 Å². The molecule has 2 aromatic carbocycles. The summed E-state index contributed by atoms with van der Waals surface area (Å²) in [5, 5.41) is 5.31. The minimum Gasteiger partial charge on any atom is -0.494 e. The lowest BCUT2D eigenvalue weighted by atomic mass is 10.2. The number of aromatic nitrogens is 5. The van der Waals surface area contributed by atoms with Crippen molar-refractivity contribution in [3.05, 3.63) is 84.6 Å². The van der Waals surface area contributed by atoms with Gasteiger partial charge in [0.15, 0.2) is 17.0 Å². The number of nitrogens with zero attached hydrogens (tertiary/aromatic N) is 6. The Morgan fingerprint density at radius 3 is 2.74 bits per heavy atom. The van der Waals surface area contributed by atoms with Gasteiger partial charge in [-0.05, 0) is 17.7 Å². The molecule has 3 aromatic heterocycles. The van der Waals surface area contributed by atoms with E-state index in [9.17, 15) is 0 Å². The highest BCUT2D eigenvalue weighted by Gasteiger charge is 2.10. The van der Waals surface area contributed by atoms with Crippen molar-refractivity contribution < 1.29 is 4.74 Å². The molecule has 5 rings (SSSR count). The van der Waals surface area contributed by atoms with Gasteiger partial charge in [-0.15, -0.1) is 0 Å². The zero-order valence-corrected chi connectivity index (χ0v) is 16.8. The van der Waals surface area contributed by atoms with Crippen molar-refractivity contribution in [1.82, 2.24) is 24.5 Å². The van der Waals surface area contributed by atoms with Gasteiger partial charge in [-0.2, -0.15) is 5.10 Å². The van der Waals surface area contributed by atoms with Gasteiger partial charge in [-0.3, -0.25) is 5.43 Å². The van der Waals surface area contributed by atoms with Crippen LogP contribution in [0, 0.1) is 0 Å². The van der Waals surface area contributed by atoms with E-state index in [4.69, 9.17) is 4.74 Å². The Morgan fingerprint density at radius 1 is 0.968 bits per heavy atom. The zero-order valence-electron chi connectivity index (χ0n) is 16.8. The largest absolute Gasteiger partial charge is 0.494 e. The van der Waals surface area contributed by atoms with Crippen molar-refractivity contribution in [2.45, 2.75) is 6.54 Å². The first kappa shape index (κ1) is 18.7. The number of methoxy groups -OCH3 is 1. The number of imidazole rings is 1. The minimum atomic E-state index is 0.534. The Balaban J connectivity index is 1.38. The van der Waals surface area contributed by atoms with Gasteiger partial charge in [0.2, 0.25) is 0 Å². The number of hydrazone groups is 1. The highest BCUT2D eigenvalue weighted by Crippen LogP contribution is 2.23. The average molecular weight is 409 g/mol. The van der Waals surface area contributed by atoms with Gasteiger partial charge in [0.1, 0.15) is 17.6 Å². The Labute approximate surface area is 178 Å². The Bertz CT molecular complexity index is 1380. The van der Waals surface area contributed by atoms with Crippen LogP contribution in [0.25, 0.3) is 22.1 Å². The van der Waals surface area contributed by atoms with Crippen LogP contribution in [0.3, 0.4) is 0 Å². The number of pyridine rings is 1. The predicted octanol–water partition coefficient (Wildman–Crippen LogP) is 3.88. The number of hydrogen-bond acceptors (Lipinski definition) is 7. The first-order valence-electron chi connectivity index (χ1n) is 9.74. The molecule has 0 saturated heterocycles. The molecule has 0 aliphatic carbocycles. The van der Waals surface area contributed by atoms with Crippen molar-refractivity contribution in [3.63, 3.8) is 0 Å². The number of para-hydroxylation sites is 1. The molecule has 0 aliphatic rings. The van der Waals surface area contributed by atoms with Crippen LogP contribution in [0.4, 0.5) is 5.82 Å². The lowest BCUT2D eigenvalue weighted by Gasteiger charge is -2.05. The first-order valence-corrected chi connectivity index (χ1v) is 9.74. The number of ether oxygens (including phenoxy) is 1. The van der Waals surface area contributed by atoms with Crippen LogP contribution < -0.4 is 10.2 Å². The normalized spacial score (nSPS) is 11.4. The van der Waals surface area contributed by atoms with E-state index in [0.29, 0.717) is 23.6 Å². The summed E-state index contributed by atoms with van der Waals surface area (Å²) in [5.74, 6) is 1.26. The van der Waals surface area contributed by atoms with Crippen LogP contribution >= 0.6 is 0 Å². The second kappa shape index (κ2) is 8.19. The van der Waals surface area contributed by atoms with Gasteiger partial charge >= 0.3 is 0 Å². The van der Waals surface area contributed by atoms with E-state index >= 15 is 0 Å². The van der Waals surface area contributed by atoms with Crippen LogP contribution in [-0.4, -0.2) is 37.8 Å². The molecule has 0 fully saturated rings. The molecule has 0 unspecified atom stereocenters. The fourth-order valence-corrected chi connectivity index (χ4v) is 3.39. The fraction of sp³-hybridized carbons (Fsp3) is 0.0870. The summed E-state index contributed by atoms with van der Waals surface area (Å²) in [6.45, 7) is 0.680. The first-order chi connectivity index (χ1) is 15.3. The Morgan fingerprint density at radius 2 is 1.87 bits per heavy atom. The second-order valence-corrected chi connectivity index (χ2v) is 6.89. The molecule has 0 spiro atoms. The third kappa shape index (κ3) is 3.78. The molecule has 8 heteroatoms. The molecule has 8 nitrogen and oxygen atoms in total. The molecule has 0 saturated carbocycles. The van der Waals surface area contributed by atoms with E-state index in [1.165, 1.54) is 11.9 Å². The highest BCUT2D eigenvalue weighted by molar-refractivity contribution is 5.89. The number of anilines is 1. The molecule has 31 heavy (non-hydrogen) atoms. The van der Waals surface area contributed by atoms with E-state index in [0.717, 1.165) is 22.3 Å². The number of hydrogen-bond donors (Lipinski definition) is 1. The third-order valence-corrected chi connectivity index (χ3v) is 4.89. The minimum absolute atomic E-state index is 0.534. The SMILES string of the molecule is COc1cccc2ccc(/C=N\Nc3ncnc4c3ncn4Cc3ccccc3)nc12. The van der Waals surface area contributed by atoms with E-state index in [1.54, 1.807) is 19.7 Å². The van der Waals surface area contributed by atoms with Gasteiger partial charge in [-0.25, -0.2) is 19.9 Å². The van der Waals surface area contributed by atoms with E-state index in [-0.39, 0.29) is 0 Å². The van der Waals surface area contributed by atoms with Gasteiger partial charge in [0.05, 0.1) is 31.9 Å². The monoisotopic (exact) mass is 409 g/mol. The topological polar surface area (TPSA) is 90.1 Å². The summed E-state index contributed by atoms with van der Waals surface area (Å²) in [6, 6.07) is 19.9. The van der Waals surface area contributed by atoms with E-state index < -0.39 is 0 Å². The molecular weight excluding hydrogens is 390 g/mol. The summed E-state index contributed by atoms with van der Waals surface area (Å²) in [7, 11) is 1.63. The zero-order chi connectivity index (χ0) is 21.0. The van der Waals surface area contributed by atoms with Gasteiger partial charge < -0.3 is 9.30 Å². The number of nitrogens with one attached hydrogen (secondary N) is 1. The molecule has 0 amide bonds. The van der Waals surface area contributed by atoms with Crippen molar-refractivity contribution >= 4 is 34.1 Å². The smallest absolute Gasteiger partial charge is 0.177 e. The number of rotatable bonds is 6. The lowest BCUT2D eigenvalue weighted by molar-refractivity contribution is 0.419. The molecule has 0 atom stereocenters. The summed E-state index contributed by atoms with van der Waals surface area (Å²) in [5.41, 5.74) is 7.02. The highest BCUT2D eigenvalue weighted by atomic mass is 16.5. The van der Waals surface area contributed by atoms with Crippen molar-refractivity contribution in [3.8, 4) is 5.75 Å². The molecule has 0 bridgehead atoms. The van der Waals surface area contributed by atoms with Crippen LogP contribution in [0.15, 0.2) is 78.4 Å². The number of benzene rings is 2. The van der Waals surface area contributed by atoms with Crippen molar-refractivity contribution in [2.24, 2.45) is 5.10 Å². The Hall–Kier alpha value is -4.33. The van der Waals surface area contributed by atoms with Crippen LogP contribution in [0.5, 0.6) is 5.75 Å². The maximum absolute atomic E-state index is 5.40. The maximum atomic E-state index is 5.40. The van der Waals surface area contributed by atoms with Gasteiger partial charge in [0.25, 0.3) is 0 Å². The molecule has 5 aromatic rings. The maximum Gasteiger partial charge on any atom is 0.177 e.